The number of hydrogen-bond donors (Lipinski definition) is 2. The van der Waals surface area contributed by atoms with Crippen LogP contribution >= 0.6 is 0 Å². The van der Waals surface area contributed by atoms with Crippen LogP contribution in [0.1, 0.15) is 41.7 Å². The first-order valence-corrected chi connectivity index (χ1v) is 6.77. The molecule has 1 saturated heterocycles. The average molecular weight is 263 g/mol. The molecule has 1 aliphatic rings. The third kappa shape index (κ3) is 3.04. The van der Waals surface area contributed by atoms with Crippen molar-refractivity contribution in [1.29, 1.82) is 0 Å². The van der Waals surface area contributed by atoms with Crippen molar-refractivity contribution < 1.29 is 9.90 Å². The number of nitrogens with two attached hydrogens (primary N) is 1. The number of carbonyl (C=O) groups excluding carboxylic acids is 1. The predicted molar refractivity (Wildman–Crippen MR) is 73.8 cm³/mol. The molecule has 2 heterocycles. The summed E-state index contributed by atoms with van der Waals surface area (Å²) in [6, 6.07) is 1.82. The molecule has 0 spiro atoms. The lowest BCUT2D eigenvalue weighted by molar-refractivity contribution is 0.0573. The van der Waals surface area contributed by atoms with Crippen LogP contribution in [0.4, 0.5) is 5.69 Å². The molecule has 19 heavy (non-hydrogen) atoms. The van der Waals surface area contributed by atoms with E-state index in [9.17, 15) is 4.79 Å². The maximum atomic E-state index is 12.6. The normalized spacial score (nSPS) is 19.5. The van der Waals surface area contributed by atoms with Crippen molar-refractivity contribution in [3.63, 3.8) is 0 Å². The van der Waals surface area contributed by atoms with E-state index in [1.165, 1.54) is 0 Å². The summed E-state index contributed by atoms with van der Waals surface area (Å²) in [6.45, 7) is 2.68. The molecule has 3 N–H and O–H groups in total. The number of piperidine rings is 1. The molecule has 1 unspecified atom stereocenters. The van der Waals surface area contributed by atoms with Crippen LogP contribution in [0.15, 0.2) is 12.3 Å². The fourth-order valence-electron chi connectivity index (χ4n) is 2.64. The number of carbonyl (C=O) groups is 1. The number of anilines is 1. The monoisotopic (exact) mass is 263 g/mol. The van der Waals surface area contributed by atoms with Gasteiger partial charge in [-0.3, -0.25) is 9.78 Å². The third-order valence-corrected chi connectivity index (χ3v) is 3.69. The summed E-state index contributed by atoms with van der Waals surface area (Å²) < 4.78 is 0. The average Bonchev–Trinajstić information content (AvgIpc) is 2.42. The number of likely N-dealkylation sites (tertiary alicyclic amines) is 1. The molecule has 0 aromatic carbocycles. The van der Waals surface area contributed by atoms with Gasteiger partial charge in [0.1, 0.15) is 0 Å². The lowest BCUT2D eigenvalue weighted by Gasteiger charge is -2.35. The second kappa shape index (κ2) is 6.02. The smallest absolute Gasteiger partial charge is 0.256 e. The number of nitrogen functional groups attached to an aromatic ring is 1. The van der Waals surface area contributed by atoms with Gasteiger partial charge in [0.2, 0.25) is 0 Å². The van der Waals surface area contributed by atoms with E-state index in [-0.39, 0.29) is 18.6 Å². The molecule has 1 fully saturated rings. The fraction of sp³-hybridized carbons (Fsp3) is 0.571. The Balaban J connectivity index is 2.23. The summed E-state index contributed by atoms with van der Waals surface area (Å²) in [5.74, 6) is -0.0181. The number of pyridine rings is 1. The van der Waals surface area contributed by atoms with Gasteiger partial charge in [0.15, 0.2) is 0 Å². The Bertz CT molecular complexity index is 460. The molecule has 0 bridgehead atoms. The minimum Gasteiger partial charge on any atom is -0.397 e. The van der Waals surface area contributed by atoms with E-state index in [0.29, 0.717) is 23.4 Å². The van der Waals surface area contributed by atoms with Crippen molar-refractivity contribution in [1.82, 2.24) is 9.88 Å². The topological polar surface area (TPSA) is 79.5 Å². The van der Waals surface area contributed by atoms with Gasteiger partial charge in [0, 0.05) is 19.2 Å². The first-order chi connectivity index (χ1) is 9.13. The molecule has 1 aromatic rings. The van der Waals surface area contributed by atoms with Crippen LogP contribution in [-0.2, 0) is 0 Å². The number of amides is 1. The van der Waals surface area contributed by atoms with Gasteiger partial charge in [0.05, 0.1) is 23.1 Å². The molecule has 1 amide bonds. The van der Waals surface area contributed by atoms with Gasteiger partial charge in [0.25, 0.3) is 5.91 Å². The van der Waals surface area contributed by atoms with E-state index in [1.54, 1.807) is 12.3 Å². The van der Waals surface area contributed by atoms with E-state index >= 15 is 0 Å². The number of nitrogens with zero attached hydrogens (tertiary/aromatic N) is 2. The van der Waals surface area contributed by atoms with Crippen molar-refractivity contribution in [3.05, 3.63) is 23.5 Å². The van der Waals surface area contributed by atoms with Crippen molar-refractivity contribution >= 4 is 11.6 Å². The summed E-state index contributed by atoms with van der Waals surface area (Å²) in [4.78, 5) is 18.6. The first kappa shape index (κ1) is 13.8. The van der Waals surface area contributed by atoms with Crippen molar-refractivity contribution in [2.45, 2.75) is 38.6 Å². The fourth-order valence-corrected chi connectivity index (χ4v) is 2.64. The quantitative estimate of drug-likeness (QED) is 0.862. The SMILES string of the molecule is Cc1ncc(N)cc1C(=O)N1CCCCC1CCO. The molecule has 0 saturated carbocycles. The third-order valence-electron chi connectivity index (χ3n) is 3.69. The zero-order valence-corrected chi connectivity index (χ0v) is 11.3. The summed E-state index contributed by atoms with van der Waals surface area (Å²) in [6.07, 6.45) is 5.29. The van der Waals surface area contributed by atoms with Gasteiger partial charge in [-0.05, 0) is 38.7 Å². The lowest BCUT2D eigenvalue weighted by atomic mass is 9.98. The Morgan fingerprint density at radius 1 is 1.58 bits per heavy atom. The second-order valence-electron chi connectivity index (χ2n) is 5.06. The minimum atomic E-state index is -0.0181. The Hall–Kier alpha value is -1.62. The highest BCUT2D eigenvalue weighted by Crippen LogP contribution is 2.23. The highest BCUT2D eigenvalue weighted by Gasteiger charge is 2.28. The zero-order chi connectivity index (χ0) is 13.8. The van der Waals surface area contributed by atoms with Crippen LogP contribution in [0.3, 0.4) is 0 Å². The van der Waals surface area contributed by atoms with Crippen LogP contribution in [-0.4, -0.2) is 40.1 Å². The van der Waals surface area contributed by atoms with Crippen molar-refractivity contribution in [2.75, 3.05) is 18.9 Å². The van der Waals surface area contributed by atoms with Gasteiger partial charge in [-0.1, -0.05) is 0 Å². The number of aryl methyl sites for hydroxylation is 1. The number of aliphatic hydroxyl groups excluding tert-OH is 1. The maximum absolute atomic E-state index is 12.6. The molecule has 2 rings (SSSR count). The molecule has 0 radical (unpaired) electrons. The van der Waals surface area contributed by atoms with Gasteiger partial charge in [-0.2, -0.15) is 0 Å². The largest absolute Gasteiger partial charge is 0.397 e. The molecule has 5 nitrogen and oxygen atoms in total. The van der Waals surface area contributed by atoms with E-state index in [1.807, 2.05) is 11.8 Å². The molecule has 0 aliphatic carbocycles. The first-order valence-electron chi connectivity index (χ1n) is 6.77. The highest BCUT2D eigenvalue weighted by molar-refractivity contribution is 5.96. The molecular formula is C14H21N3O2. The standard InChI is InChI=1S/C14H21N3O2/c1-10-13(8-11(15)9-16-10)14(19)17-6-3-2-4-12(17)5-7-18/h8-9,12,18H,2-7,15H2,1H3. The highest BCUT2D eigenvalue weighted by atomic mass is 16.3. The van der Waals surface area contributed by atoms with Crippen LogP contribution in [0.2, 0.25) is 0 Å². The van der Waals surface area contributed by atoms with E-state index < -0.39 is 0 Å². The van der Waals surface area contributed by atoms with Crippen molar-refractivity contribution in [3.8, 4) is 0 Å². The van der Waals surface area contributed by atoms with Gasteiger partial charge in [-0.15, -0.1) is 0 Å². The number of hydrogen-bond acceptors (Lipinski definition) is 4. The van der Waals surface area contributed by atoms with Gasteiger partial charge < -0.3 is 15.7 Å². The molecule has 1 aromatic heterocycles. The Morgan fingerprint density at radius 3 is 3.11 bits per heavy atom. The van der Waals surface area contributed by atoms with E-state index in [0.717, 1.165) is 25.8 Å². The molecule has 1 atom stereocenters. The van der Waals surface area contributed by atoms with Crippen LogP contribution in [0.25, 0.3) is 0 Å². The van der Waals surface area contributed by atoms with Crippen LogP contribution in [0, 0.1) is 6.92 Å². The number of aromatic nitrogens is 1. The van der Waals surface area contributed by atoms with E-state index in [2.05, 4.69) is 4.98 Å². The van der Waals surface area contributed by atoms with E-state index in [4.69, 9.17) is 10.8 Å². The predicted octanol–water partition coefficient (Wildman–Crippen LogP) is 1.35. The molecule has 5 heteroatoms. The molecular weight excluding hydrogens is 242 g/mol. The summed E-state index contributed by atoms with van der Waals surface area (Å²) in [7, 11) is 0. The Kier molecular flexibility index (Phi) is 4.37. The summed E-state index contributed by atoms with van der Waals surface area (Å²) >= 11 is 0. The number of aliphatic hydroxyl groups is 1. The minimum absolute atomic E-state index is 0.0181. The van der Waals surface area contributed by atoms with Crippen LogP contribution < -0.4 is 5.73 Å². The van der Waals surface area contributed by atoms with Gasteiger partial charge in [-0.25, -0.2) is 0 Å². The number of rotatable bonds is 3. The summed E-state index contributed by atoms with van der Waals surface area (Å²) in [5.41, 5.74) is 7.49. The second-order valence-corrected chi connectivity index (χ2v) is 5.06. The molecule has 104 valence electrons. The van der Waals surface area contributed by atoms with Crippen molar-refractivity contribution in [2.24, 2.45) is 0 Å². The van der Waals surface area contributed by atoms with Gasteiger partial charge >= 0.3 is 0 Å². The lowest BCUT2D eigenvalue weighted by Crippen LogP contribution is -2.44. The maximum Gasteiger partial charge on any atom is 0.256 e. The Labute approximate surface area is 113 Å². The Morgan fingerprint density at radius 2 is 2.37 bits per heavy atom. The zero-order valence-electron chi connectivity index (χ0n) is 11.3. The summed E-state index contributed by atoms with van der Waals surface area (Å²) in [5, 5.41) is 9.12. The molecule has 1 aliphatic heterocycles. The van der Waals surface area contributed by atoms with Crippen LogP contribution in [0.5, 0.6) is 0 Å².